The van der Waals surface area contributed by atoms with Crippen LogP contribution in [0.1, 0.15) is 43.5 Å². The minimum atomic E-state index is -0.735. The molecule has 0 radical (unpaired) electrons. The van der Waals surface area contributed by atoms with Gasteiger partial charge in [-0.2, -0.15) is 5.26 Å². The van der Waals surface area contributed by atoms with Gasteiger partial charge in [0.05, 0.1) is 6.07 Å². The van der Waals surface area contributed by atoms with Crippen molar-refractivity contribution >= 4 is 17.5 Å². The van der Waals surface area contributed by atoms with E-state index >= 15 is 0 Å². The molecule has 1 aromatic rings. The Labute approximate surface area is 173 Å². The highest BCUT2D eigenvalue weighted by atomic mass is 16.2. The Morgan fingerprint density at radius 3 is 2.28 bits per heavy atom. The summed E-state index contributed by atoms with van der Waals surface area (Å²) >= 11 is 0. The number of carbonyl (C=O) groups excluding carboxylic acids is 2. The smallest absolute Gasteiger partial charge is 0.251 e. The first-order valence-corrected chi connectivity index (χ1v) is 10.4. The molecule has 7 heteroatoms. The maximum absolute atomic E-state index is 12.7. The van der Waals surface area contributed by atoms with Crippen molar-refractivity contribution in [3.63, 3.8) is 0 Å². The first kappa shape index (κ1) is 21.1. The number of hydrogen-bond acceptors (Lipinski definition) is 5. The third-order valence-electron chi connectivity index (χ3n) is 5.65. The topological polar surface area (TPSA) is 88.5 Å². The summed E-state index contributed by atoms with van der Waals surface area (Å²) in [6.07, 6.45) is 1.87. The SMILES string of the molecule is CC(C)CC(NC(=O)c1ccc(N2CCN(C)CC2)cc1)C(=O)NC1(C#N)CC1. The number of rotatable bonds is 7. The Kier molecular flexibility index (Phi) is 6.43. The predicted molar refractivity (Wildman–Crippen MR) is 113 cm³/mol. The van der Waals surface area contributed by atoms with E-state index in [9.17, 15) is 14.9 Å². The molecule has 2 aliphatic rings. The number of nitriles is 1. The molecule has 0 aromatic heterocycles. The van der Waals surface area contributed by atoms with Crippen LogP contribution in [-0.4, -0.2) is 61.5 Å². The van der Waals surface area contributed by atoms with Crippen molar-refractivity contribution < 1.29 is 9.59 Å². The Bertz CT molecular complexity index is 771. The molecule has 1 aliphatic carbocycles. The zero-order chi connectivity index (χ0) is 21.0. The summed E-state index contributed by atoms with van der Waals surface area (Å²) in [5.41, 5.74) is 0.906. The van der Waals surface area contributed by atoms with Crippen LogP contribution in [0.3, 0.4) is 0 Å². The van der Waals surface area contributed by atoms with E-state index in [1.807, 2.05) is 38.1 Å². The van der Waals surface area contributed by atoms with Gasteiger partial charge in [0.15, 0.2) is 0 Å². The van der Waals surface area contributed by atoms with Gasteiger partial charge in [0, 0.05) is 37.4 Å². The highest BCUT2D eigenvalue weighted by Gasteiger charge is 2.45. The molecule has 2 amide bonds. The molecule has 0 spiro atoms. The molecular formula is C22H31N5O2. The molecule has 29 heavy (non-hydrogen) atoms. The normalized spacial score (nSPS) is 19.3. The fraction of sp³-hybridized carbons (Fsp3) is 0.591. The van der Waals surface area contributed by atoms with E-state index in [0.717, 1.165) is 31.9 Å². The molecule has 1 saturated carbocycles. The number of nitrogens with one attached hydrogen (secondary N) is 2. The van der Waals surface area contributed by atoms with E-state index in [1.165, 1.54) is 0 Å². The van der Waals surface area contributed by atoms with Gasteiger partial charge in [0.1, 0.15) is 11.6 Å². The second-order valence-corrected chi connectivity index (χ2v) is 8.68. The minimum Gasteiger partial charge on any atom is -0.369 e. The van der Waals surface area contributed by atoms with Gasteiger partial charge in [0.25, 0.3) is 5.91 Å². The van der Waals surface area contributed by atoms with Crippen molar-refractivity contribution in [1.82, 2.24) is 15.5 Å². The van der Waals surface area contributed by atoms with Gasteiger partial charge in [-0.1, -0.05) is 13.8 Å². The van der Waals surface area contributed by atoms with Crippen LogP contribution < -0.4 is 15.5 Å². The number of likely N-dealkylation sites (N-methyl/N-ethyl adjacent to an activating group) is 1. The number of anilines is 1. The standard InChI is InChI=1S/C22H31N5O2/c1-16(2)14-19(21(29)25-22(15-23)8-9-22)24-20(28)17-4-6-18(7-5-17)27-12-10-26(3)11-13-27/h4-7,16,19H,8-14H2,1-3H3,(H,24,28)(H,25,29). The molecule has 3 rings (SSSR count). The van der Waals surface area contributed by atoms with Gasteiger partial charge in [-0.15, -0.1) is 0 Å². The van der Waals surface area contributed by atoms with Crippen molar-refractivity contribution in [3.8, 4) is 6.07 Å². The first-order chi connectivity index (χ1) is 13.8. The van der Waals surface area contributed by atoms with Crippen LogP contribution in [0, 0.1) is 17.2 Å². The van der Waals surface area contributed by atoms with E-state index in [0.29, 0.717) is 24.8 Å². The van der Waals surface area contributed by atoms with Crippen molar-refractivity contribution in [2.75, 3.05) is 38.1 Å². The average Bonchev–Trinajstić information content (AvgIpc) is 3.47. The second-order valence-electron chi connectivity index (χ2n) is 8.68. The van der Waals surface area contributed by atoms with Gasteiger partial charge >= 0.3 is 0 Å². The lowest BCUT2D eigenvalue weighted by atomic mass is 10.0. The Hall–Kier alpha value is -2.59. The number of carbonyl (C=O) groups is 2. The zero-order valence-electron chi connectivity index (χ0n) is 17.6. The second kappa shape index (κ2) is 8.83. The first-order valence-electron chi connectivity index (χ1n) is 10.4. The highest BCUT2D eigenvalue weighted by Crippen LogP contribution is 2.34. The molecule has 7 nitrogen and oxygen atoms in total. The lowest BCUT2D eigenvalue weighted by Gasteiger charge is -2.34. The van der Waals surface area contributed by atoms with Crippen molar-refractivity contribution in [3.05, 3.63) is 29.8 Å². The van der Waals surface area contributed by atoms with Crippen LogP contribution >= 0.6 is 0 Å². The molecule has 2 fully saturated rings. The highest BCUT2D eigenvalue weighted by molar-refractivity contribution is 5.98. The summed E-state index contributed by atoms with van der Waals surface area (Å²) in [6.45, 7) is 8.01. The molecule has 1 heterocycles. The van der Waals surface area contributed by atoms with Gasteiger partial charge in [0.2, 0.25) is 5.91 Å². The van der Waals surface area contributed by atoms with Crippen molar-refractivity contribution in [1.29, 1.82) is 5.26 Å². The third-order valence-corrected chi connectivity index (χ3v) is 5.65. The average molecular weight is 398 g/mol. The van der Waals surface area contributed by atoms with Gasteiger partial charge in [-0.25, -0.2) is 0 Å². The van der Waals surface area contributed by atoms with E-state index in [1.54, 1.807) is 0 Å². The van der Waals surface area contributed by atoms with Crippen molar-refractivity contribution in [2.45, 2.75) is 44.7 Å². The van der Waals surface area contributed by atoms with Crippen LogP contribution in [0.4, 0.5) is 5.69 Å². The molecule has 2 N–H and O–H groups in total. The largest absolute Gasteiger partial charge is 0.369 e. The van der Waals surface area contributed by atoms with E-state index in [-0.39, 0.29) is 17.7 Å². The number of benzene rings is 1. The Morgan fingerprint density at radius 2 is 1.76 bits per heavy atom. The fourth-order valence-corrected chi connectivity index (χ4v) is 3.55. The Morgan fingerprint density at radius 1 is 1.14 bits per heavy atom. The van der Waals surface area contributed by atoms with E-state index < -0.39 is 11.6 Å². The summed E-state index contributed by atoms with van der Waals surface area (Å²) < 4.78 is 0. The van der Waals surface area contributed by atoms with Crippen LogP contribution in [0.15, 0.2) is 24.3 Å². The Balaban J connectivity index is 1.62. The molecule has 1 saturated heterocycles. The summed E-state index contributed by atoms with van der Waals surface area (Å²) in [5, 5.41) is 14.9. The van der Waals surface area contributed by atoms with Gasteiger partial charge in [-0.05, 0) is 56.5 Å². The number of amides is 2. The van der Waals surface area contributed by atoms with Gasteiger partial charge in [-0.3, -0.25) is 9.59 Å². The lowest BCUT2D eigenvalue weighted by Crippen LogP contribution is -2.50. The number of nitrogens with zero attached hydrogens (tertiary/aromatic N) is 3. The van der Waals surface area contributed by atoms with E-state index in [2.05, 4.69) is 33.6 Å². The summed E-state index contributed by atoms with van der Waals surface area (Å²) in [4.78, 5) is 30.0. The fourth-order valence-electron chi connectivity index (χ4n) is 3.55. The third kappa shape index (κ3) is 5.48. The monoisotopic (exact) mass is 397 g/mol. The molecular weight excluding hydrogens is 366 g/mol. The quantitative estimate of drug-likeness (QED) is 0.732. The lowest BCUT2D eigenvalue weighted by molar-refractivity contribution is -0.123. The maximum atomic E-state index is 12.7. The number of piperazine rings is 1. The zero-order valence-corrected chi connectivity index (χ0v) is 17.6. The van der Waals surface area contributed by atoms with Crippen LogP contribution in [0.2, 0.25) is 0 Å². The number of hydrogen-bond donors (Lipinski definition) is 2. The molecule has 0 bridgehead atoms. The molecule has 1 aliphatic heterocycles. The van der Waals surface area contributed by atoms with Gasteiger partial charge < -0.3 is 20.4 Å². The van der Waals surface area contributed by atoms with E-state index in [4.69, 9.17) is 0 Å². The predicted octanol–water partition coefficient (Wildman–Crippen LogP) is 1.76. The molecule has 1 aromatic carbocycles. The van der Waals surface area contributed by atoms with Crippen LogP contribution in [0.25, 0.3) is 0 Å². The molecule has 1 unspecified atom stereocenters. The minimum absolute atomic E-state index is 0.239. The van der Waals surface area contributed by atoms with Crippen molar-refractivity contribution in [2.24, 2.45) is 5.92 Å². The molecule has 1 atom stereocenters. The maximum Gasteiger partial charge on any atom is 0.251 e. The van der Waals surface area contributed by atoms with Crippen LogP contribution in [0.5, 0.6) is 0 Å². The summed E-state index contributed by atoms with van der Waals surface area (Å²) in [6, 6.07) is 9.07. The molecule has 156 valence electrons. The summed E-state index contributed by atoms with van der Waals surface area (Å²) in [7, 11) is 2.12. The summed E-state index contributed by atoms with van der Waals surface area (Å²) in [5.74, 6) is -0.305. The van der Waals surface area contributed by atoms with Crippen LogP contribution in [-0.2, 0) is 4.79 Å².